The third kappa shape index (κ3) is 5.70. The van der Waals surface area contributed by atoms with Gasteiger partial charge in [-0.05, 0) is 53.6 Å². The molecule has 35 heavy (non-hydrogen) atoms. The fourth-order valence-electron chi connectivity index (χ4n) is 3.84. The lowest BCUT2D eigenvalue weighted by Crippen LogP contribution is -2.07. The highest BCUT2D eigenvalue weighted by Gasteiger charge is 2.17. The molecule has 3 aromatic carbocycles. The van der Waals surface area contributed by atoms with Gasteiger partial charge in [-0.3, -0.25) is 0 Å². The first-order chi connectivity index (χ1) is 16.9. The van der Waals surface area contributed by atoms with Crippen molar-refractivity contribution in [2.24, 2.45) is 5.11 Å². The van der Waals surface area contributed by atoms with Crippen LogP contribution in [-0.4, -0.2) is 18.7 Å². The summed E-state index contributed by atoms with van der Waals surface area (Å²) in [4.78, 5) is 4.92. The Labute approximate surface area is 202 Å². The first kappa shape index (κ1) is 23.6. The van der Waals surface area contributed by atoms with E-state index in [-0.39, 0.29) is 6.54 Å². The third-order valence-electron chi connectivity index (χ3n) is 5.56. The first-order valence-electron chi connectivity index (χ1n) is 11.0. The van der Waals surface area contributed by atoms with E-state index in [9.17, 15) is 8.78 Å². The summed E-state index contributed by atoms with van der Waals surface area (Å²) in [6, 6.07) is 22.7. The van der Waals surface area contributed by atoms with E-state index < -0.39 is 11.6 Å². The standard InChI is InChI=1S/C28H23F2N5/c1-34(2)26-12-9-20(10-13-26)8-11-22-16-27(23-14-24(29)17-25(30)15-23)35(28(22)18-32-33-31)19-21-6-4-3-5-7-21/h3-7,9-10,12-17H,18-19H2,1-2H3. The molecule has 174 valence electrons. The molecular formula is C28H23F2N5. The number of rotatable bonds is 6. The van der Waals surface area contributed by atoms with E-state index in [1.165, 1.54) is 12.1 Å². The van der Waals surface area contributed by atoms with Gasteiger partial charge in [0.05, 0.1) is 12.2 Å². The van der Waals surface area contributed by atoms with Crippen molar-refractivity contribution in [1.82, 2.24) is 4.57 Å². The molecule has 7 heteroatoms. The van der Waals surface area contributed by atoms with Crippen LogP contribution in [0.4, 0.5) is 14.5 Å². The van der Waals surface area contributed by atoms with E-state index in [1.807, 2.05) is 78.2 Å². The first-order valence-corrected chi connectivity index (χ1v) is 11.0. The molecule has 0 unspecified atom stereocenters. The number of hydrogen-bond donors (Lipinski definition) is 0. The van der Waals surface area contributed by atoms with Gasteiger partial charge in [0.2, 0.25) is 0 Å². The van der Waals surface area contributed by atoms with Crippen molar-refractivity contribution in [2.75, 3.05) is 19.0 Å². The Morgan fingerprint density at radius 2 is 1.60 bits per heavy atom. The largest absolute Gasteiger partial charge is 0.378 e. The molecular weight excluding hydrogens is 444 g/mol. The number of hydrogen-bond acceptors (Lipinski definition) is 2. The molecule has 0 aliphatic carbocycles. The van der Waals surface area contributed by atoms with E-state index in [2.05, 4.69) is 21.9 Å². The zero-order chi connectivity index (χ0) is 24.8. The lowest BCUT2D eigenvalue weighted by molar-refractivity contribution is 0.583. The summed E-state index contributed by atoms with van der Waals surface area (Å²) in [7, 11) is 3.93. The SMILES string of the molecule is CN(C)c1ccc(C#Cc2cc(-c3cc(F)cc(F)c3)n(Cc3ccccc3)c2CN=[N+]=[N-])cc1. The topological polar surface area (TPSA) is 56.9 Å². The predicted octanol–water partition coefficient (Wildman–Crippen LogP) is 6.76. The molecule has 4 aromatic rings. The average molecular weight is 468 g/mol. The van der Waals surface area contributed by atoms with Crippen LogP contribution in [0.15, 0.2) is 84.0 Å². The molecule has 4 rings (SSSR count). The lowest BCUT2D eigenvalue weighted by atomic mass is 10.1. The number of aromatic nitrogens is 1. The smallest absolute Gasteiger partial charge is 0.126 e. The number of halogens is 2. The summed E-state index contributed by atoms with van der Waals surface area (Å²) in [5, 5.41) is 3.77. The van der Waals surface area contributed by atoms with Gasteiger partial charge in [0.1, 0.15) is 11.6 Å². The van der Waals surface area contributed by atoms with Gasteiger partial charge in [0, 0.05) is 59.7 Å². The monoisotopic (exact) mass is 467 g/mol. The van der Waals surface area contributed by atoms with Crippen molar-refractivity contribution in [3.05, 3.63) is 123 Å². The summed E-state index contributed by atoms with van der Waals surface area (Å²) >= 11 is 0. The van der Waals surface area contributed by atoms with Gasteiger partial charge in [0.15, 0.2) is 0 Å². The fourth-order valence-corrected chi connectivity index (χ4v) is 3.84. The Bertz CT molecular complexity index is 1420. The molecule has 0 bridgehead atoms. The molecule has 0 spiro atoms. The Kier molecular flexibility index (Phi) is 7.15. The Morgan fingerprint density at radius 1 is 0.914 bits per heavy atom. The van der Waals surface area contributed by atoms with E-state index >= 15 is 0 Å². The molecule has 0 atom stereocenters. The molecule has 0 aliphatic heterocycles. The van der Waals surface area contributed by atoms with Crippen molar-refractivity contribution in [1.29, 1.82) is 0 Å². The summed E-state index contributed by atoms with van der Waals surface area (Å²) < 4.78 is 30.1. The Hall–Kier alpha value is -4.53. The predicted molar refractivity (Wildman–Crippen MR) is 135 cm³/mol. The number of benzene rings is 3. The Morgan fingerprint density at radius 3 is 2.23 bits per heavy atom. The van der Waals surface area contributed by atoms with E-state index in [0.29, 0.717) is 29.1 Å². The van der Waals surface area contributed by atoms with Crippen LogP contribution in [0.3, 0.4) is 0 Å². The fraction of sp³-hybridized carbons (Fsp3) is 0.143. The van der Waals surface area contributed by atoms with Gasteiger partial charge in [0.25, 0.3) is 0 Å². The molecule has 0 saturated heterocycles. The maximum atomic E-state index is 14.1. The minimum absolute atomic E-state index is 0.0463. The Balaban J connectivity index is 1.86. The average Bonchev–Trinajstić information content (AvgIpc) is 3.18. The van der Waals surface area contributed by atoms with Crippen LogP contribution in [0.1, 0.15) is 22.4 Å². The molecule has 0 saturated carbocycles. The lowest BCUT2D eigenvalue weighted by Gasteiger charge is -2.14. The van der Waals surface area contributed by atoms with E-state index in [0.717, 1.165) is 22.9 Å². The molecule has 0 amide bonds. The van der Waals surface area contributed by atoms with Crippen LogP contribution in [0.5, 0.6) is 0 Å². The summed E-state index contributed by atoms with van der Waals surface area (Å²) in [5.74, 6) is 5.00. The molecule has 0 fully saturated rings. The van der Waals surface area contributed by atoms with Crippen molar-refractivity contribution in [3.63, 3.8) is 0 Å². The van der Waals surface area contributed by atoms with Gasteiger partial charge < -0.3 is 9.47 Å². The minimum Gasteiger partial charge on any atom is -0.378 e. The second-order valence-electron chi connectivity index (χ2n) is 8.20. The van der Waals surface area contributed by atoms with Gasteiger partial charge in [-0.15, -0.1) is 0 Å². The number of azide groups is 1. The summed E-state index contributed by atoms with van der Waals surface area (Å²) in [6.45, 7) is 0.467. The van der Waals surface area contributed by atoms with Crippen LogP contribution in [0.2, 0.25) is 0 Å². The number of nitrogens with zero attached hydrogens (tertiary/aromatic N) is 5. The van der Waals surface area contributed by atoms with Crippen LogP contribution in [0, 0.1) is 23.5 Å². The zero-order valence-corrected chi connectivity index (χ0v) is 19.4. The van der Waals surface area contributed by atoms with Crippen molar-refractivity contribution in [3.8, 4) is 23.1 Å². The molecule has 0 N–H and O–H groups in total. The van der Waals surface area contributed by atoms with Crippen molar-refractivity contribution in [2.45, 2.75) is 13.1 Å². The molecule has 5 nitrogen and oxygen atoms in total. The van der Waals surface area contributed by atoms with Crippen molar-refractivity contribution < 1.29 is 8.78 Å². The quantitative estimate of drug-likeness (QED) is 0.134. The zero-order valence-electron chi connectivity index (χ0n) is 19.4. The second kappa shape index (κ2) is 10.6. The van der Waals surface area contributed by atoms with Gasteiger partial charge in [-0.1, -0.05) is 47.3 Å². The maximum absolute atomic E-state index is 14.1. The van der Waals surface area contributed by atoms with Crippen LogP contribution < -0.4 is 4.90 Å². The normalized spacial score (nSPS) is 10.3. The molecule has 1 heterocycles. The molecule has 0 aliphatic rings. The van der Waals surface area contributed by atoms with Crippen molar-refractivity contribution >= 4 is 5.69 Å². The molecule has 1 aromatic heterocycles. The highest BCUT2D eigenvalue weighted by Crippen LogP contribution is 2.29. The van der Waals surface area contributed by atoms with Crippen LogP contribution >= 0.6 is 0 Å². The van der Waals surface area contributed by atoms with Crippen LogP contribution in [-0.2, 0) is 13.1 Å². The van der Waals surface area contributed by atoms with E-state index in [4.69, 9.17) is 5.53 Å². The maximum Gasteiger partial charge on any atom is 0.126 e. The summed E-state index contributed by atoms with van der Waals surface area (Å²) in [6.07, 6.45) is 0. The number of anilines is 1. The van der Waals surface area contributed by atoms with Gasteiger partial charge in [-0.25, -0.2) is 8.78 Å². The minimum atomic E-state index is -0.669. The third-order valence-corrected chi connectivity index (χ3v) is 5.56. The van der Waals surface area contributed by atoms with E-state index in [1.54, 1.807) is 6.07 Å². The van der Waals surface area contributed by atoms with Gasteiger partial charge >= 0.3 is 0 Å². The van der Waals surface area contributed by atoms with Gasteiger partial charge in [-0.2, -0.15) is 0 Å². The van der Waals surface area contributed by atoms with Crippen LogP contribution in [0.25, 0.3) is 21.7 Å². The second-order valence-corrected chi connectivity index (χ2v) is 8.20. The highest BCUT2D eigenvalue weighted by atomic mass is 19.1. The molecule has 0 radical (unpaired) electrons. The summed E-state index contributed by atoms with van der Waals surface area (Å²) in [5.41, 5.74) is 14.1. The highest BCUT2D eigenvalue weighted by molar-refractivity contribution is 5.66.